The minimum Gasteiger partial charge on any atom is -0.324 e. The first-order valence-electron chi connectivity index (χ1n) is 11.9. The number of thiazole rings is 1. The third-order valence-electron chi connectivity index (χ3n) is 6.22. The first-order valence-corrected chi connectivity index (χ1v) is 12.8. The lowest BCUT2D eigenvalue weighted by molar-refractivity contribution is -0.120. The Morgan fingerprint density at radius 2 is 2.00 bits per heavy atom. The maximum absolute atomic E-state index is 13.2. The number of carbonyl (C=O) groups is 2. The Morgan fingerprint density at radius 1 is 1.19 bits per heavy atom. The topological polar surface area (TPSA) is 105 Å². The highest BCUT2D eigenvalue weighted by atomic mass is 32.1. The molecule has 0 bridgehead atoms. The van der Waals surface area contributed by atoms with Crippen LogP contribution in [0.3, 0.4) is 0 Å². The number of aromatic nitrogens is 4. The minimum atomic E-state index is -0.281. The molecule has 1 aliphatic heterocycles. The molecule has 1 aliphatic rings. The smallest absolute Gasteiger partial charge is 0.260 e. The highest BCUT2D eigenvalue weighted by molar-refractivity contribution is 7.21. The monoisotopic (exact) mass is 507 g/mol. The zero-order valence-electron chi connectivity index (χ0n) is 20.8. The molecule has 2 N–H and O–H groups in total. The van der Waals surface area contributed by atoms with E-state index in [2.05, 4.69) is 51.4 Å². The second kappa shape index (κ2) is 9.44. The molecule has 0 spiro atoms. The van der Waals surface area contributed by atoms with Crippen LogP contribution in [-0.4, -0.2) is 55.9 Å². The van der Waals surface area contributed by atoms with E-state index in [0.717, 1.165) is 40.5 Å². The third kappa shape index (κ3) is 4.87. The molecule has 5 rings (SSSR count). The van der Waals surface area contributed by atoms with E-state index in [-0.39, 0.29) is 20.1 Å². The first-order chi connectivity index (χ1) is 17.2. The number of nitrogens with zero attached hydrogens (tertiary/aromatic N) is 5. The number of likely N-dealkylation sites (tertiary alicyclic amines) is 1. The molecule has 0 saturated carbocycles. The van der Waals surface area contributed by atoms with Gasteiger partial charge in [0.05, 0.1) is 46.4 Å². The van der Waals surface area contributed by atoms with Crippen LogP contribution in [0, 0.1) is 12.3 Å². The van der Waals surface area contributed by atoms with Crippen LogP contribution in [0.1, 0.15) is 45.4 Å². The second-order valence-corrected chi connectivity index (χ2v) is 11.0. The summed E-state index contributed by atoms with van der Waals surface area (Å²) in [6, 6.07) is 5.69. The molecule has 1 fully saturated rings. The number of hydrogen-bond donors (Lipinski definition) is 2. The van der Waals surface area contributed by atoms with Gasteiger partial charge >= 0.3 is 0 Å². The Kier molecular flexibility index (Phi) is 6.31. The van der Waals surface area contributed by atoms with Crippen molar-refractivity contribution in [2.75, 3.05) is 30.3 Å². The molecule has 0 unspecified atom stereocenters. The zero-order valence-corrected chi connectivity index (χ0v) is 21.6. The van der Waals surface area contributed by atoms with Crippen LogP contribution in [-0.2, 0) is 11.2 Å². The van der Waals surface area contributed by atoms with Crippen molar-refractivity contribution >= 4 is 39.4 Å². The third-order valence-corrected chi connectivity index (χ3v) is 7.37. The first kappa shape index (κ1) is 24.1. The highest BCUT2D eigenvalue weighted by Crippen LogP contribution is 2.33. The summed E-state index contributed by atoms with van der Waals surface area (Å²) < 4.78 is 1.72. The Labute approximate surface area is 216 Å². The Morgan fingerprint density at radius 3 is 2.75 bits per heavy atom. The van der Waals surface area contributed by atoms with Crippen LogP contribution in [0.15, 0.2) is 43.0 Å². The van der Waals surface area contributed by atoms with Gasteiger partial charge in [0.2, 0.25) is 5.91 Å². The van der Waals surface area contributed by atoms with E-state index < -0.39 is 0 Å². The van der Waals surface area contributed by atoms with Gasteiger partial charge in [0.25, 0.3) is 5.91 Å². The van der Waals surface area contributed by atoms with Crippen molar-refractivity contribution in [3.63, 3.8) is 0 Å². The number of anilines is 2. The van der Waals surface area contributed by atoms with E-state index in [1.807, 2.05) is 25.3 Å². The number of hydrogen-bond acceptors (Lipinski definition) is 7. The summed E-state index contributed by atoms with van der Waals surface area (Å²) in [5.41, 5.74) is 4.54. The van der Waals surface area contributed by atoms with E-state index in [1.165, 1.54) is 11.3 Å². The fourth-order valence-corrected chi connectivity index (χ4v) is 5.71. The SMILES string of the molecule is CCc1ncccc1-c1cn2ncc(C(=O)Nc3cc(NC(=O)CN4CC(C)(C)C4)cnc3C)c2s1.[HH].[HH]. The molecule has 10 heteroatoms. The minimum absolute atomic E-state index is 0. The van der Waals surface area contributed by atoms with Gasteiger partial charge in [0, 0.05) is 39.6 Å². The van der Waals surface area contributed by atoms with E-state index >= 15 is 0 Å². The fourth-order valence-electron chi connectivity index (χ4n) is 4.61. The molecule has 2 amide bonds. The number of aryl methyl sites for hydroxylation is 2. The summed E-state index contributed by atoms with van der Waals surface area (Å²) >= 11 is 1.50. The van der Waals surface area contributed by atoms with Crippen molar-refractivity contribution in [1.29, 1.82) is 0 Å². The van der Waals surface area contributed by atoms with Gasteiger partial charge in [-0.25, -0.2) is 4.52 Å². The average molecular weight is 508 g/mol. The van der Waals surface area contributed by atoms with Gasteiger partial charge in [0.15, 0.2) is 0 Å². The van der Waals surface area contributed by atoms with E-state index in [4.69, 9.17) is 0 Å². The van der Waals surface area contributed by atoms with Crippen molar-refractivity contribution in [2.45, 2.75) is 34.1 Å². The highest BCUT2D eigenvalue weighted by Gasteiger charge is 2.34. The molecule has 5 heterocycles. The standard InChI is InChI=1S/C26H29N7O2S.2H2/c1-5-20-18(7-6-8-27-20)22-12-33-25(36-22)19(11-29-33)24(35)31-21-9-17(10-28-16(21)2)30-23(34)13-32-14-26(3,4)15-32;;/h6-12H,5,13-15H2,1-4H3,(H,30,34)(H,31,35);2*1H. The normalized spacial score (nSPS) is 15.0. The number of rotatable bonds is 7. The summed E-state index contributed by atoms with van der Waals surface area (Å²) in [5, 5.41) is 10.2. The number of amides is 2. The summed E-state index contributed by atoms with van der Waals surface area (Å²) in [4.78, 5) is 38.4. The lowest BCUT2D eigenvalue weighted by Crippen LogP contribution is -2.54. The predicted molar refractivity (Wildman–Crippen MR) is 146 cm³/mol. The van der Waals surface area contributed by atoms with Crippen molar-refractivity contribution in [2.24, 2.45) is 5.41 Å². The van der Waals surface area contributed by atoms with Gasteiger partial charge < -0.3 is 10.6 Å². The Balaban J connectivity index is 0.00000200. The van der Waals surface area contributed by atoms with E-state index in [9.17, 15) is 9.59 Å². The fraction of sp³-hybridized carbons (Fsp3) is 0.346. The van der Waals surface area contributed by atoms with Crippen molar-refractivity contribution in [1.82, 2.24) is 24.5 Å². The van der Waals surface area contributed by atoms with Crippen LogP contribution in [0.2, 0.25) is 0 Å². The quantitative estimate of drug-likeness (QED) is 0.374. The van der Waals surface area contributed by atoms with Crippen LogP contribution >= 0.6 is 11.3 Å². The molecule has 0 aliphatic carbocycles. The molecule has 4 aromatic heterocycles. The molecule has 1 saturated heterocycles. The van der Waals surface area contributed by atoms with E-state index in [0.29, 0.717) is 29.2 Å². The number of fused-ring (bicyclic) bond motifs is 1. The molecule has 4 aromatic rings. The van der Waals surface area contributed by atoms with Gasteiger partial charge in [-0.15, -0.1) is 11.3 Å². The Bertz CT molecular complexity index is 1460. The van der Waals surface area contributed by atoms with Gasteiger partial charge in [0.1, 0.15) is 4.83 Å². The summed E-state index contributed by atoms with van der Waals surface area (Å²) in [5.74, 6) is -0.378. The lowest BCUT2D eigenvalue weighted by Gasteiger charge is -2.45. The van der Waals surface area contributed by atoms with Crippen LogP contribution in [0.5, 0.6) is 0 Å². The van der Waals surface area contributed by atoms with Crippen LogP contribution < -0.4 is 10.6 Å². The van der Waals surface area contributed by atoms with Crippen molar-refractivity contribution in [3.8, 4) is 10.4 Å². The molecular formula is C26H33N7O2S. The maximum atomic E-state index is 13.2. The van der Waals surface area contributed by atoms with Gasteiger partial charge in [-0.05, 0) is 30.9 Å². The molecule has 0 atom stereocenters. The molecular weight excluding hydrogens is 474 g/mol. The van der Waals surface area contributed by atoms with Gasteiger partial charge in [-0.1, -0.05) is 26.8 Å². The summed E-state index contributed by atoms with van der Waals surface area (Å²) in [6.07, 6.45) is 7.70. The average Bonchev–Trinajstić information content (AvgIpc) is 3.41. The summed E-state index contributed by atoms with van der Waals surface area (Å²) in [7, 11) is 0. The largest absolute Gasteiger partial charge is 0.324 e. The zero-order chi connectivity index (χ0) is 25.4. The van der Waals surface area contributed by atoms with Crippen LogP contribution in [0.25, 0.3) is 15.3 Å². The summed E-state index contributed by atoms with van der Waals surface area (Å²) in [6.45, 7) is 10.4. The number of carbonyl (C=O) groups excluding carboxylic acids is 2. The lowest BCUT2D eigenvalue weighted by atomic mass is 9.84. The molecule has 190 valence electrons. The number of pyridine rings is 2. The maximum Gasteiger partial charge on any atom is 0.260 e. The molecule has 0 radical (unpaired) electrons. The van der Waals surface area contributed by atoms with Gasteiger partial charge in [-0.2, -0.15) is 5.10 Å². The number of nitrogens with one attached hydrogen (secondary N) is 2. The Hall–Kier alpha value is -3.63. The predicted octanol–water partition coefficient (Wildman–Crippen LogP) is 4.75. The van der Waals surface area contributed by atoms with Gasteiger partial charge in [-0.3, -0.25) is 24.5 Å². The van der Waals surface area contributed by atoms with Crippen molar-refractivity contribution < 1.29 is 12.4 Å². The molecule has 0 aromatic carbocycles. The second-order valence-electron chi connectivity index (χ2n) is 9.92. The van der Waals surface area contributed by atoms with Crippen molar-refractivity contribution in [3.05, 3.63) is 59.9 Å². The molecule has 36 heavy (non-hydrogen) atoms. The van der Waals surface area contributed by atoms with Crippen LogP contribution in [0.4, 0.5) is 11.4 Å². The molecule has 9 nitrogen and oxygen atoms in total. The van der Waals surface area contributed by atoms with E-state index in [1.54, 1.807) is 29.2 Å².